The number of carbonyl (C=O) groups excluding carboxylic acids is 1. The zero-order valence-electron chi connectivity index (χ0n) is 12.9. The van der Waals surface area contributed by atoms with Crippen molar-refractivity contribution in [3.05, 3.63) is 22.7 Å². The van der Waals surface area contributed by atoms with E-state index in [1.54, 1.807) is 12.1 Å². The molecule has 0 aliphatic rings. The van der Waals surface area contributed by atoms with E-state index in [9.17, 15) is 4.79 Å². The third-order valence-corrected chi connectivity index (χ3v) is 2.96. The molecule has 21 heavy (non-hydrogen) atoms. The first-order valence-corrected chi connectivity index (χ1v) is 7.12. The van der Waals surface area contributed by atoms with Crippen LogP contribution < -0.4 is 14.8 Å². The molecule has 0 saturated heterocycles. The van der Waals surface area contributed by atoms with Crippen molar-refractivity contribution in [3.8, 4) is 11.5 Å². The summed E-state index contributed by atoms with van der Waals surface area (Å²) in [7, 11) is 2.85. The number of hydrogen-bond acceptors (Lipinski definition) is 5. The number of methoxy groups -OCH3 is 2. The van der Waals surface area contributed by atoms with Gasteiger partial charge in [0.1, 0.15) is 0 Å². The summed E-state index contributed by atoms with van der Waals surface area (Å²) in [4.78, 5) is 11.2. The minimum Gasteiger partial charge on any atom is -0.493 e. The maximum atomic E-state index is 11.2. The van der Waals surface area contributed by atoms with Crippen LogP contribution in [-0.4, -0.2) is 33.3 Å². The number of carbonyl (C=O) groups is 1. The van der Waals surface area contributed by atoms with Crippen molar-refractivity contribution < 1.29 is 19.0 Å². The van der Waals surface area contributed by atoms with Gasteiger partial charge < -0.3 is 19.5 Å². The maximum Gasteiger partial charge on any atom is 0.343 e. The SMILES string of the molecule is COC(=O)COc1c(CNCC(C)C)cc(Cl)cc1OC. The van der Waals surface area contributed by atoms with Gasteiger partial charge in [0.25, 0.3) is 0 Å². The number of ether oxygens (including phenoxy) is 3. The lowest BCUT2D eigenvalue weighted by atomic mass is 10.1. The summed E-state index contributed by atoms with van der Waals surface area (Å²) >= 11 is 6.08. The average Bonchev–Trinajstić information content (AvgIpc) is 2.44. The highest BCUT2D eigenvalue weighted by Crippen LogP contribution is 2.34. The molecule has 0 aromatic heterocycles. The molecule has 118 valence electrons. The Morgan fingerprint density at radius 3 is 2.62 bits per heavy atom. The highest BCUT2D eigenvalue weighted by molar-refractivity contribution is 6.30. The Labute approximate surface area is 130 Å². The minimum absolute atomic E-state index is 0.175. The largest absolute Gasteiger partial charge is 0.493 e. The second kappa shape index (κ2) is 8.74. The van der Waals surface area contributed by atoms with E-state index in [1.807, 2.05) is 0 Å². The molecule has 0 atom stereocenters. The summed E-state index contributed by atoms with van der Waals surface area (Å²) in [6.07, 6.45) is 0. The summed E-state index contributed by atoms with van der Waals surface area (Å²) in [5.41, 5.74) is 0.837. The highest BCUT2D eigenvalue weighted by atomic mass is 35.5. The minimum atomic E-state index is -0.451. The number of esters is 1. The number of halogens is 1. The van der Waals surface area contributed by atoms with Crippen LogP contribution in [0.2, 0.25) is 5.02 Å². The molecule has 1 aromatic rings. The van der Waals surface area contributed by atoms with Gasteiger partial charge >= 0.3 is 5.97 Å². The van der Waals surface area contributed by atoms with E-state index >= 15 is 0 Å². The van der Waals surface area contributed by atoms with Crippen LogP contribution in [0.5, 0.6) is 11.5 Å². The molecule has 6 heteroatoms. The van der Waals surface area contributed by atoms with Gasteiger partial charge in [0.15, 0.2) is 18.1 Å². The second-order valence-corrected chi connectivity index (χ2v) is 5.42. The molecule has 0 spiro atoms. The van der Waals surface area contributed by atoms with Crippen molar-refractivity contribution >= 4 is 17.6 Å². The summed E-state index contributed by atoms with van der Waals surface area (Å²) in [5.74, 6) is 1.08. The fourth-order valence-electron chi connectivity index (χ4n) is 1.75. The Morgan fingerprint density at radius 2 is 2.05 bits per heavy atom. The van der Waals surface area contributed by atoms with Gasteiger partial charge in [-0.05, 0) is 18.5 Å². The molecule has 0 aliphatic carbocycles. The lowest BCUT2D eigenvalue weighted by molar-refractivity contribution is -0.142. The normalized spacial score (nSPS) is 10.6. The Bertz CT molecular complexity index is 477. The molecular weight excluding hydrogens is 294 g/mol. The monoisotopic (exact) mass is 315 g/mol. The van der Waals surface area contributed by atoms with E-state index in [1.165, 1.54) is 14.2 Å². The first-order chi connectivity index (χ1) is 9.97. The number of rotatable bonds is 8. The van der Waals surface area contributed by atoms with Gasteiger partial charge in [-0.1, -0.05) is 25.4 Å². The second-order valence-electron chi connectivity index (χ2n) is 4.99. The molecule has 0 unspecified atom stereocenters. The highest BCUT2D eigenvalue weighted by Gasteiger charge is 2.14. The van der Waals surface area contributed by atoms with Crippen LogP contribution in [0.25, 0.3) is 0 Å². The molecule has 0 amide bonds. The van der Waals surface area contributed by atoms with Crippen LogP contribution in [0.15, 0.2) is 12.1 Å². The van der Waals surface area contributed by atoms with Crippen molar-refractivity contribution in [3.63, 3.8) is 0 Å². The van der Waals surface area contributed by atoms with Gasteiger partial charge in [0.2, 0.25) is 0 Å². The van der Waals surface area contributed by atoms with Gasteiger partial charge in [-0.3, -0.25) is 0 Å². The van der Waals surface area contributed by atoms with Crippen molar-refractivity contribution in [2.24, 2.45) is 5.92 Å². The lowest BCUT2D eigenvalue weighted by Gasteiger charge is -2.16. The van der Waals surface area contributed by atoms with Crippen molar-refractivity contribution in [2.75, 3.05) is 27.4 Å². The Balaban J connectivity index is 2.91. The smallest absolute Gasteiger partial charge is 0.343 e. The number of nitrogens with one attached hydrogen (secondary N) is 1. The van der Waals surface area contributed by atoms with Crippen LogP contribution >= 0.6 is 11.6 Å². The zero-order chi connectivity index (χ0) is 15.8. The molecule has 1 rings (SSSR count). The van der Waals surface area contributed by atoms with Gasteiger partial charge in [0.05, 0.1) is 14.2 Å². The fraction of sp³-hybridized carbons (Fsp3) is 0.533. The molecule has 1 N–H and O–H groups in total. The molecule has 0 heterocycles. The maximum absolute atomic E-state index is 11.2. The van der Waals surface area contributed by atoms with E-state index in [0.29, 0.717) is 29.0 Å². The number of benzene rings is 1. The molecule has 0 radical (unpaired) electrons. The van der Waals surface area contributed by atoms with Gasteiger partial charge in [0, 0.05) is 23.2 Å². The Morgan fingerprint density at radius 1 is 1.33 bits per heavy atom. The van der Waals surface area contributed by atoms with E-state index in [2.05, 4.69) is 23.9 Å². The summed E-state index contributed by atoms with van der Waals surface area (Å²) in [6.45, 7) is 5.52. The Hall–Kier alpha value is -1.46. The van der Waals surface area contributed by atoms with Crippen LogP contribution in [0, 0.1) is 5.92 Å². The molecule has 0 fully saturated rings. The van der Waals surface area contributed by atoms with Crippen molar-refractivity contribution in [2.45, 2.75) is 20.4 Å². The third-order valence-electron chi connectivity index (χ3n) is 2.75. The van der Waals surface area contributed by atoms with Crippen LogP contribution in [-0.2, 0) is 16.1 Å². The first kappa shape index (κ1) is 17.6. The Kier molecular flexibility index (Phi) is 7.32. The number of hydrogen-bond donors (Lipinski definition) is 1. The van der Waals surface area contributed by atoms with Gasteiger partial charge in [-0.2, -0.15) is 0 Å². The predicted molar refractivity (Wildman–Crippen MR) is 82.1 cm³/mol. The molecule has 1 aromatic carbocycles. The van der Waals surface area contributed by atoms with E-state index in [0.717, 1.165) is 12.1 Å². The van der Waals surface area contributed by atoms with Gasteiger partial charge in [-0.15, -0.1) is 0 Å². The molecule has 5 nitrogen and oxygen atoms in total. The van der Waals surface area contributed by atoms with E-state index < -0.39 is 5.97 Å². The van der Waals surface area contributed by atoms with E-state index in [4.69, 9.17) is 21.1 Å². The fourth-order valence-corrected chi connectivity index (χ4v) is 1.99. The molecule has 0 saturated carbocycles. The van der Waals surface area contributed by atoms with Crippen molar-refractivity contribution in [1.82, 2.24) is 5.32 Å². The van der Waals surface area contributed by atoms with Crippen LogP contribution in [0.4, 0.5) is 0 Å². The third kappa shape index (κ3) is 5.81. The molecule has 0 aliphatic heterocycles. The summed E-state index contributed by atoms with van der Waals surface area (Å²) < 4.78 is 15.4. The molecular formula is C15H22ClNO4. The van der Waals surface area contributed by atoms with Gasteiger partial charge in [-0.25, -0.2) is 4.79 Å². The van der Waals surface area contributed by atoms with Crippen LogP contribution in [0.1, 0.15) is 19.4 Å². The zero-order valence-corrected chi connectivity index (χ0v) is 13.6. The van der Waals surface area contributed by atoms with E-state index in [-0.39, 0.29) is 6.61 Å². The van der Waals surface area contributed by atoms with Crippen molar-refractivity contribution in [1.29, 1.82) is 0 Å². The first-order valence-electron chi connectivity index (χ1n) is 6.74. The summed E-state index contributed by atoms with van der Waals surface area (Å²) in [6, 6.07) is 3.45. The molecule has 0 bridgehead atoms. The summed E-state index contributed by atoms with van der Waals surface area (Å²) in [5, 5.41) is 3.87. The van der Waals surface area contributed by atoms with Crippen LogP contribution in [0.3, 0.4) is 0 Å². The standard InChI is InChI=1S/C15H22ClNO4/c1-10(2)7-17-8-11-5-12(16)6-13(19-3)15(11)21-9-14(18)20-4/h5-6,10,17H,7-9H2,1-4H3. The predicted octanol–water partition coefficient (Wildman–Crippen LogP) is 2.65. The quantitative estimate of drug-likeness (QED) is 0.747. The topological polar surface area (TPSA) is 56.8 Å². The average molecular weight is 316 g/mol. The lowest BCUT2D eigenvalue weighted by Crippen LogP contribution is -2.20.